The highest BCUT2D eigenvalue weighted by Gasteiger charge is 2.21. The third kappa shape index (κ3) is 4.77. The van der Waals surface area contributed by atoms with Gasteiger partial charge in [0.1, 0.15) is 22.2 Å². The number of rotatable bonds is 6. The molecular weight excluding hydrogens is 480 g/mol. The van der Waals surface area contributed by atoms with Gasteiger partial charge in [0.15, 0.2) is 0 Å². The van der Waals surface area contributed by atoms with Crippen LogP contribution in [0.3, 0.4) is 0 Å². The predicted molar refractivity (Wildman–Crippen MR) is 120 cm³/mol. The van der Waals surface area contributed by atoms with Crippen molar-refractivity contribution in [2.24, 2.45) is 0 Å². The minimum atomic E-state index is -4.37. The summed E-state index contributed by atoms with van der Waals surface area (Å²) in [5.74, 6) is -1.67. The standard InChI is InChI=1S/C21H14ClF2N3O3S2/c22-13-5-8-20-25-15(10-21(28)27(20)11-13)12-31-18-4-2-1-3-17(18)26-32(29,30)19-9-14(23)6-7-16(19)24/h1-11,26H,12H2. The zero-order chi connectivity index (χ0) is 22.9. The van der Waals surface area contributed by atoms with Crippen molar-refractivity contribution < 1.29 is 17.2 Å². The van der Waals surface area contributed by atoms with Gasteiger partial charge in [-0.15, -0.1) is 11.8 Å². The zero-order valence-electron chi connectivity index (χ0n) is 16.1. The summed E-state index contributed by atoms with van der Waals surface area (Å²) in [5, 5.41) is 0.402. The van der Waals surface area contributed by atoms with Crippen LogP contribution in [0, 0.1) is 11.6 Å². The molecule has 0 saturated carbocycles. The van der Waals surface area contributed by atoms with E-state index in [2.05, 4.69) is 9.71 Å². The minimum absolute atomic E-state index is 0.186. The summed E-state index contributed by atoms with van der Waals surface area (Å²) in [6, 6.07) is 13.3. The van der Waals surface area contributed by atoms with Crippen molar-refractivity contribution in [3.05, 3.63) is 99.6 Å². The van der Waals surface area contributed by atoms with E-state index in [1.807, 2.05) is 0 Å². The van der Waals surface area contributed by atoms with Crippen LogP contribution >= 0.6 is 23.4 Å². The van der Waals surface area contributed by atoms with Gasteiger partial charge in [-0.25, -0.2) is 22.2 Å². The average Bonchev–Trinajstić information content (AvgIpc) is 2.75. The monoisotopic (exact) mass is 493 g/mol. The van der Waals surface area contributed by atoms with Crippen LogP contribution in [-0.4, -0.2) is 17.8 Å². The molecule has 0 fully saturated rings. The molecule has 4 aromatic rings. The van der Waals surface area contributed by atoms with Gasteiger partial charge in [0.05, 0.1) is 16.4 Å². The molecule has 11 heteroatoms. The number of benzene rings is 2. The van der Waals surface area contributed by atoms with E-state index in [0.29, 0.717) is 27.3 Å². The highest BCUT2D eigenvalue weighted by atomic mass is 35.5. The van der Waals surface area contributed by atoms with Crippen LogP contribution in [0.15, 0.2) is 81.4 Å². The summed E-state index contributed by atoms with van der Waals surface area (Å²) >= 11 is 7.14. The zero-order valence-corrected chi connectivity index (χ0v) is 18.5. The van der Waals surface area contributed by atoms with Gasteiger partial charge < -0.3 is 0 Å². The highest BCUT2D eigenvalue weighted by Crippen LogP contribution is 2.31. The second kappa shape index (κ2) is 8.89. The van der Waals surface area contributed by atoms with Crippen molar-refractivity contribution in [1.29, 1.82) is 0 Å². The number of hydrogen-bond acceptors (Lipinski definition) is 5. The SMILES string of the molecule is O=c1cc(CSc2ccccc2NS(=O)(=O)c2cc(F)ccc2F)nc2ccc(Cl)cn12. The largest absolute Gasteiger partial charge is 0.278 e. The number of fused-ring (bicyclic) bond motifs is 1. The Balaban J connectivity index is 1.59. The first-order chi connectivity index (χ1) is 15.2. The van der Waals surface area contributed by atoms with E-state index in [1.165, 1.54) is 34.5 Å². The predicted octanol–water partition coefficient (Wildman–Crippen LogP) is 4.72. The van der Waals surface area contributed by atoms with Crippen LogP contribution < -0.4 is 10.3 Å². The van der Waals surface area contributed by atoms with Crippen molar-refractivity contribution in [3.63, 3.8) is 0 Å². The maximum atomic E-state index is 14.0. The molecule has 0 aliphatic carbocycles. The van der Waals surface area contributed by atoms with Gasteiger partial charge in [-0.1, -0.05) is 23.7 Å². The Hall–Kier alpha value is -2.95. The first-order valence-corrected chi connectivity index (χ1v) is 12.0. The third-order valence-electron chi connectivity index (χ3n) is 4.37. The molecule has 6 nitrogen and oxygen atoms in total. The number of hydrogen-bond donors (Lipinski definition) is 1. The number of sulfonamides is 1. The fourth-order valence-electron chi connectivity index (χ4n) is 2.91. The van der Waals surface area contributed by atoms with Crippen LogP contribution in [0.4, 0.5) is 14.5 Å². The molecule has 0 amide bonds. The summed E-state index contributed by atoms with van der Waals surface area (Å²) in [6.45, 7) is 0. The quantitative estimate of drug-likeness (QED) is 0.393. The maximum absolute atomic E-state index is 14.0. The number of pyridine rings is 1. The van der Waals surface area contributed by atoms with Crippen LogP contribution in [0.5, 0.6) is 0 Å². The van der Waals surface area contributed by atoms with E-state index < -0.39 is 26.6 Å². The molecule has 2 aromatic heterocycles. The number of anilines is 1. The van der Waals surface area contributed by atoms with Crippen molar-refractivity contribution in [1.82, 2.24) is 9.38 Å². The van der Waals surface area contributed by atoms with Crippen LogP contribution in [-0.2, 0) is 15.8 Å². The van der Waals surface area contributed by atoms with E-state index in [4.69, 9.17) is 11.6 Å². The van der Waals surface area contributed by atoms with Gasteiger partial charge in [0.25, 0.3) is 15.6 Å². The van der Waals surface area contributed by atoms with E-state index in [0.717, 1.165) is 12.1 Å². The normalized spacial score (nSPS) is 11.6. The molecule has 164 valence electrons. The van der Waals surface area contributed by atoms with Gasteiger partial charge in [0, 0.05) is 22.9 Å². The topological polar surface area (TPSA) is 80.5 Å². The van der Waals surface area contributed by atoms with Gasteiger partial charge in [-0.3, -0.25) is 13.9 Å². The van der Waals surface area contributed by atoms with Crippen molar-refractivity contribution in [3.8, 4) is 0 Å². The molecule has 32 heavy (non-hydrogen) atoms. The molecule has 0 aliphatic rings. The summed E-state index contributed by atoms with van der Waals surface area (Å²) in [6.07, 6.45) is 1.47. The summed E-state index contributed by atoms with van der Waals surface area (Å²) in [4.78, 5) is 16.5. The fourth-order valence-corrected chi connectivity index (χ4v) is 5.21. The van der Waals surface area contributed by atoms with Gasteiger partial charge >= 0.3 is 0 Å². The summed E-state index contributed by atoms with van der Waals surface area (Å²) < 4.78 is 56.3. The summed E-state index contributed by atoms with van der Waals surface area (Å²) in [7, 11) is -4.37. The molecule has 0 saturated heterocycles. The van der Waals surface area contributed by atoms with E-state index in [1.54, 1.807) is 30.3 Å². The van der Waals surface area contributed by atoms with Crippen molar-refractivity contribution in [2.75, 3.05) is 4.72 Å². The van der Waals surface area contributed by atoms with E-state index >= 15 is 0 Å². The van der Waals surface area contributed by atoms with Crippen LogP contribution in [0.2, 0.25) is 5.02 Å². The first-order valence-electron chi connectivity index (χ1n) is 9.10. The molecule has 1 N–H and O–H groups in total. The third-order valence-corrected chi connectivity index (χ3v) is 7.08. The highest BCUT2D eigenvalue weighted by molar-refractivity contribution is 7.98. The lowest BCUT2D eigenvalue weighted by Gasteiger charge is -2.13. The van der Waals surface area contributed by atoms with Crippen LogP contribution in [0.25, 0.3) is 5.65 Å². The number of thioether (sulfide) groups is 1. The Morgan fingerprint density at radius 3 is 2.66 bits per heavy atom. The summed E-state index contributed by atoms with van der Waals surface area (Å²) in [5.41, 5.74) is 0.790. The smallest absolute Gasteiger partial charge is 0.264 e. The van der Waals surface area contributed by atoms with Crippen molar-refractivity contribution >= 4 is 44.7 Å². The second-order valence-electron chi connectivity index (χ2n) is 6.63. The molecule has 0 radical (unpaired) electrons. The van der Waals surface area contributed by atoms with Gasteiger partial charge in [-0.2, -0.15) is 0 Å². The lowest BCUT2D eigenvalue weighted by molar-refractivity contribution is 0.555. The number of para-hydroxylation sites is 1. The van der Waals surface area contributed by atoms with E-state index in [-0.39, 0.29) is 17.0 Å². The molecule has 0 spiro atoms. The average molecular weight is 494 g/mol. The van der Waals surface area contributed by atoms with Gasteiger partial charge in [-0.05, 0) is 42.5 Å². The molecule has 2 aromatic carbocycles. The lowest BCUT2D eigenvalue weighted by atomic mass is 10.3. The molecule has 0 unspecified atom stereocenters. The Kier molecular flexibility index (Phi) is 6.18. The second-order valence-corrected chi connectivity index (χ2v) is 9.73. The molecular formula is C21H14ClF2N3O3S2. The first kappa shape index (κ1) is 22.3. The number of halogens is 3. The lowest BCUT2D eigenvalue weighted by Crippen LogP contribution is -2.16. The fraction of sp³-hybridized carbons (Fsp3) is 0.0476. The molecule has 2 heterocycles. The van der Waals surface area contributed by atoms with Crippen molar-refractivity contribution in [2.45, 2.75) is 15.5 Å². The Labute approximate surface area is 190 Å². The molecule has 0 atom stereocenters. The Morgan fingerprint density at radius 2 is 1.84 bits per heavy atom. The maximum Gasteiger partial charge on any atom is 0.264 e. The van der Waals surface area contributed by atoms with E-state index in [9.17, 15) is 22.0 Å². The molecule has 0 bridgehead atoms. The van der Waals surface area contributed by atoms with Crippen LogP contribution in [0.1, 0.15) is 5.69 Å². The minimum Gasteiger partial charge on any atom is -0.278 e. The molecule has 0 aliphatic heterocycles. The number of nitrogens with one attached hydrogen (secondary N) is 1. The Bertz CT molecular complexity index is 1490. The number of nitrogens with zero attached hydrogens (tertiary/aromatic N) is 2. The number of aromatic nitrogens is 2. The van der Waals surface area contributed by atoms with Gasteiger partial charge in [0.2, 0.25) is 0 Å². The molecule has 4 rings (SSSR count). The Morgan fingerprint density at radius 1 is 1.06 bits per heavy atom.